The smallest absolute Gasteiger partial charge is 0.264 e. The van der Waals surface area contributed by atoms with Gasteiger partial charge in [-0.1, -0.05) is 79.9 Å². The van der Waals surface area contributed by atoms with Gasteiger partial charge in [0.1, 0.15) is 5.60 Å². The maximum Gasteiger partial charge on any atom is 0.264 e. The van der Waals surface area contributed by atoms with E-state index in [4.69, 9.17) is 17.8 Å². The molecule has 0 aromatic rings. The third kappa shape index (κ3) is 7.87. The maximum absolute atomic E-state index is 11.7. The van der Waals surface area contributed by atoms with Gasteiger partial charge >= 0.3 is 0 Å². The Hall–Kier alpha value is -0.0362. The molecule has 0 spiro atoms. The minimum atomic E-state index is -3.50. The van der Waals surface area contributed by atoms with Crippen LogP contribution in [0, 0.1) is 17.8 Å². The van der Waals surface area contributed by atoms with Gasteiger partial charge in [0.05, 0.1) is 31.2 Å². The average molecular weight is 603 g/mol. The van der Waals surface area contributed by atoms with E-state index < -0.39 is 32.4 Å². The molecule has 2 saturated carbocycles. The third-order valence-corrected chi connectivity index (χ3v) is 20.0. The SMILES string of the molecule is CCCCC[C@@H](/C=C/[C@H]1[C@H]2CC3(COS(C)(=O)=O)OC3[C@H]2C[C@H]1O[Si](C)(C)C(C)(C)C)O[Si](C)(C)C(C)(C)C. The highest BCUT2D eigenvalue weighted by Crippen LogP contribution is 2.64. The van der Waals surface area contributed by atoms with Gasteiger partial charge in [0.15, 0.2) is 16.6 Å². The van der Waals surface area contributed by atoms with Gasteiger partial charge in [0, 0.05) is 5.92 Å². The zero-order chi connectivity index (χ0) is 29.7. The summed E-state index contributed by atoms with van der Waals surface area (Å²) in [6, 6.07) is 0. The molecule has 3 rings (SSSR count). The molecule has 2 aliphatic carbocycles. The van der Waals surface area contributed by atoms with E-state index in [0.29, 0.717) is 11.8 Å². The van der Waals surface area contributed by atoms with Gasteiger partial charge in [-0.25, -0.2) is 0 Å². The van der Waals surface area contributed by atoms with Crippen LogP contribution in [0.25, 0.3) is 0 Å². The zero-order valence-corrected chi connectivity index (χ0v) is 29.7. The summed E-state index contributed by atoms with van der Waals surface area (Å²) in [6.07, 6.45) is 12.6. The van der Waals surface area contributed by atoms with Crippen LogP contribution in [0.2, 0.25) is 36.3 Å². The molecule has 1 heterocycles. The molecule has 7 atom stereocenters. The Kier molecular flexibility index (Phi) is 9.93. The first-order valence-corrected chi connectivity index (χ1v) is 22.8. The fraction of sp³-hybridized carbons (Fsp3) is 0.933. The van der Waals surface area contributed by atoms with Crippen LogP contribution in [0.3, 0.4) is 0 Å². The summed E-state index contributed by atoms with van der Waals surface area (Å²) in [7, 11) is -7.40. The quantitative estimate of drug-likeness (QED) is 0.0708. The van der Waals surface area contributed by atoms with Gasteiger partial charge in [-0.3, -0.25) is 4.18 Å². The average Bonchev–Trinajstić information content (AvgIpc) is 3.24. The Balaban J connectivity index is 1.86. The van der Waals surface area contributed by atoms with E-state index in [-0.39, 0.29) is 40.9 Å². The number of unbranched alkanes of at least 4 members (excludes halogenated alkanes) is 2. The third-order valence-electron chi connectivity index (χ3n) is 10.4. The molecule has 228 valence electrons. The number of epoxide rings is 1. The molecule has 0 aromatic carbocycles. The van der Waals surface area contributed by atoms with E-state index >= 15 is 0 Å². The topological polar surface area (TPSA) is 74.4 Å². The predicted molar refractivity (Wildman–Crippen MR) is 166 cm³/mol. The van der Waals surface area contributed by atoms with Crippen molar-refractivity contribution in [1.82, 2.24) is 0 Å². The van der Waals surface area contributed by atoms with Gasteiger partial charge in [0.25, 0.3) is 10.1 Å². The fourth-order valence-electron chi connectivity index (χ4n) is 5.98. The Morgan fingerprint density at radius 2 is 1.62 bits per heavy atom. The number of fused-ring (bicyclic) bond motifs is 3. The first kappa shape index (κ1) is 33.5. The summed E-state index contributed by atoms with van der Waals surface area (Å²) >= 11 is 0. The molecule has 3 aliphatic rings. The van der Waals surface area contributed by atoms with Crippen LogP contribution in [0.4, 0.5) is 0 Å². The lowest BCUT2D eigenvalue weighted by molar-refractivity contribution is 0.119. The normalized spacial score (nSPS) is 32.5. The minimum absolute atomic E-state index is 0.0667. The molecule has 0 bridgehead atoms. The Morgan fingerprint density at radius 1 is 1.00 bits per heavy atom. The van der Waals surface area contributed by atoms with Crippen molar-refractivity contribution in [3.05, 3.63) is 12.2 Å². The van der Waals surface area contributed by atoms with E-state index in [1.807, 2.05) is 0 Å². The van der Waals surface area contributed by atoms with Crippen molar-refractivity contribution >= 4 is 26.8 Å². The summed E-state index contributed by atoms with van der Waals surface area (Å²) in [5.41, 5.74) is -0.454. The summed E-state index contributed by atoms with van der Waals surface area (Å²) < 4.78 is 48.9. The highest BCUT2D eigenvalue weighted by atomic mass is 32.2. The lowest BCUT2D eigenvalue weighted by Crippen LogP contribution is -2.45. The molecule has 6 nitrogen and oxygen atoms in total. The van der Waals surface area contributed by atoms with Crippen molar-refractivity contribution < 1.29 is 26.2 Å². The first-order valence-electron chi connectivity index (χ1n) is 15.2. The van der Waals surface area contributed by atoms with Crippen molar-refractivity contribution in [2.24, 2.45) is 17.8 Å². The lowest BCUT2D eigenvalue weighted by Gasteiger charge is -2.40. The monoisotopic (exact) mass is 602 g/mol. The molecule has 0 amide bonds. The number of hydrogen-bond acceptors (Lipinski definition) is 6. The molecular formula is C30H58O6SSi2. The molecule has 3 fully saturated rings. The second-order valence-corrected chi connectivity index (χ2v) is 26.8. The van der Waals surface area contributed by atoms with Crippen LogP contribution >= 0.6 is 0 Å². The number of rotatable bonds is 13. The summed E-state index contributed by atoms with van der Waals surface area (Å²) in [5.74, 6) is 1.05. The number of ether oxygens (including phenoxy) is 1. The van der Waals surface area contributed by atoms with E-state index in [2.05, 4.69) is 86.8 Å². The fourth-order valence-corrected chi connectivity index (χ4v) is 9.07. The predicted octanol–water partition coefficient (Wildman–Crippen LogP) is 7.67. The van der Waals surface area contributed by atoms with Crippen LogP contribution in [-0.4, -0.2) is 61.8 Å². The van der Waals surface area contributed by atoms with Crippen LogP contribution in [0.15, 0.2) is 12.2 Å². The molecule has 0 N–H and O–H groups in total. The van der Waals surface area contributed by atoms with Crippen LogP contribution in [-0.2, 0) is 27.9 Å². The molecule has 1 saturated heterocycles. The Bertz CT molecular complexity index is 980. The first-order chi connectivity index (χ1) is 17.6. The molecule has 9 heteroatoms. The minimum Gasteiger partial charge on any atom is -0.413 e. The summed E-state index contributed by atoms with van der Waals surface area (Å²) in [6.45, 7) is 25.6. The van der Waals surface area contributed by atoms with E-state index in [1.54, 1.807) is 0 Å². The molecular weight excluding hydrogens is 545 g/mol. The van der Waals surface area contributed by atoms with Gasteiger partial charge in [0.2, 0.25) is 0 Å². The Morgan fingerprint density at radius 3 is 2.15 bits per heavy atom. The van der Waals surface area contributed by atoms with E-state index in [9.17, 15) is 8.42 Å². The molecule has 1 aliphatic heterocycles. The van der Waals surface area contributed by atoms with E-state index in [0.717, 1.165) is 25.5 Å². The number of hydrogen-bond donors (Lipinski definition) is 0. The second-order valence-electron chi connectivity index (χ2n) is 15.6. The van der Waals surface area contributed by atoms with Crippen molar-refractivity contribution in [2.45, 2.75) is 147 Å². The standard InChI is InChI=1S/C30H58O6SSi2/c1-13-14-15-16-22(35-38(9,10)28(2,3)4)17-18-23-25-20-30(21-33-37(8,31)32)27(34-30)24(25)19-26(23)36-39(11,12)29(5,6)7/h17-18,22-27H,13-16,19-21H2,1-12H3/b18-17+/t22-,23-,24-,25+,26+,27?,30?/m0/s1. The van der Waals surface area contributed by atoms with Gasteiger partial charge in [-0.05, 0) is 67.4 Å². The zero-order valence-electron chi connectivity index (χ0n) is 26.9. The lowest BCUT2D eigenvalue weighted by atomic mass is 9.89. The Labute approximate surface area is 242 Å². The van der Waals surface area contributed by atoms with Gasteiger partial charge in [-0.15, -0.1) is 0 Å². The molecule has 0 aromatic heterocycles. The van der Waals surface area contributed by atoms with Crippen LogP contribution < -0.4 is 0 Å². The molecule has 2 unspecified atom stereocenters. The van der Waals surface area contributed by atoms with Crippen LogP contribution in [0.1, 0.15) is 87.0 Å². The van der Waals surface area contributed by atoms with Crippen LogP contribution in [0.5, 0.6) is 0 Å². The van der Waals surface area contributed by atoms with E-state index in [1.165, 1.54) is 19.3 Å². The van der Waals surface area contributed by atoms with Crippen molar-refractivity contribution in [3.8, 4) is 0 Å². The highest BCUT2D eigenvalue weighted by molar-refractivity contribution is 7.85. The van der Waals surface area contributed by atoms with Crippen molar-refractivity contribution in [1.29, 1.82) is 0 Å². The van der Waals surface area contributed by atoms with Gasteiger partial charge < -0.3 is 13.6 Å². The van der Waals surface area contributed by atoms with Gasteiger partial charge in [-0.2, -0.15) is 8.42 Å². The molecule has 0 radical (unpaired) electrons. The largest absolute Gasteiger partial charge is 0.413 e. The second kappa shape index (κ2) is 11.6. The van der Waals surface area contributed by atoms with Crippen molar-refractivity contribution in [2.75, 3.05) is 12.9 Å². The molecule has 39 heavy (non-hydrogen) atoms. The summed E-state index contributed by atoms with van der Waals surface area (Å²) in [4.78, 5) is 0. The summed E-state index contributed by atoms with van der Waals surface area (Å²) in [5, 5.41) is 0.294. The highest BCUT2D eigenvalue weighted by Gasteiger charge is 2.71. The van der Waals surface area contributed by atoms with Crippen molar-refractivity contribution in [3.63, 3.8) is 0 Å². The maximum atomic E-state index is 11.7.